The fourth-order valence-electron chi connectivity index (χ4n) is 1.62. The van der Waals surface area contributed by atoms with Gasteiger partial charge in [0.15, 0.2) is 0 Å². The number of rotatable bonds is 8. The lowest BCUT2D eigenvalue weighted by Crippen LogP contribution is -2.31. The lowest BCUT2D eigenvalue weighted by atomic mass is 10.2. The summed E-state index contributed by atoms with van der Waals surface area (Å²) < 4.78 is 5.53. The SMILES string of the molecule is CC#CCCNCC(O)COc1ccc(CC)cc1. The summed E-state index contributed by atoms with van der Waals surface area (Å²) in [7, 11) is 0. The third-order valence-corrected chi connectivity index (χ3v) is 2.76. The zero-order chi connectivity index (χ0) is 13.9. The van der Waals surface area contributed by atoms with Crippen LogP contribution in [0.25, 0.3) is 0 Å². The molecule has 0 spiro atoms. The van der Waals surface area contributed by atoms with Crippen LogP contribution >= 0.6 is 0 Å². The van der Waals surface area contributed by atoms with Crippen LogP contribution in [-0.2, 0) is 6.42 Å². The van der Waals surface area contributed by atoms with E-state index < -0.39 is 6.10 Å². The summed E-state index contributed by atoms with van der Waals surface area (Å²) in [4.78, 5) is 0. The van der Waals surface area contributed by atoms with Crippen molar-refractivity contribution in [3.05, 3.63) is 29.8 Å². The van der Waals surface area contributed by atoms with E-state index in [0.717, 1.165) is 25.1 Å². The van der Waals surface area contributed by atoms with Crippen molar-refractivity contribution in [2.75, 3.05) is 19.7 Å². The monoisotopic (exact) mass is 261 g/mol. The number of aliphatic hydroxyl groups excluding tert-OH is 1. The molecule has 1 rings (SSSR count). The molecular formula is C16H23NO2. The Kier molecular flexibility index (Phi) is 7.72. The van der Waals surface area contributed by atoms with Crippen LogP contribution in [0.15, 0.2) is 24.3 Å². The summed E-state index contributed by atoms with van der Waals surface area (Å²) in [6.45, 7) is 5.57. The average Bonchev–Trinajstić information content (AvgIpc) is 2.45. The van der Waals surface area contributed by atoms with E-state index in [4.69, 9.17) is 4.74 Å². The first-order chi connectivity index (χ1) is 9.26. The highest BCUT2D eigenvalue weighted by Crippen LogP contribution is 2.12. The number of benzene rings is 1. The fraction of sp³-hybridized carbons (Fsp3) is 0.500. The van der Waals surface area contributed by atoms with Gasteiger partial charge in [-0.1, -0.05) is 19.1 Å². The number of hydrogen-bond donors (Lipinski definition) is 2. The smallest absolute Gasteiger partial charge is 0.119 e. The lowest BCUT2D eigenvalue weighted by Gasteiger charge is -2.13. The van der Waals surface area contributed by atoms with Crippen LogP contribution in [0, 0.1) is 11.8 Å². The minimum atomic E-state index is -0.500. The Morgan fingerprint density at radius 2 is 2.05 bits per heavy atom. The van der Waals surface area contributed by atoms with Crippen LogP contribution in [0.4, 0.5) is 0 Å². The van der Waals surface area contributed by atoms with Crippen molar-refractivity contribution in [1.82, 2.24) is 5.32 Å². The molecule has 2 N–H and O–H groups in total. The third-order valence-electron chi connectivity index (χ3n) is 2.76. The molecule has 1 unspecified atom stereocenters. The van der Waals surface area contributed by atoms with Crippen molar-refractivity contribution in [3.8, 4) is 17.6 Å². The summed E-state index contributed by atoms with van der Waals surface area (Å²) in [5.41, 5.74) is 1.28. The van der Waals surface area contributed by atoms with E-state index in [9.17, 15) is 5.11 Å². The predicted molar refractivity (Wildman–Crippen MR) is 78.3 cm³/mol. The topological polar surface area (TPSA) is 41.5 Å². The quantitative estimate of drug-likeness (QED) is 0.555. The van der Waals surface area contributed by atoms with E-state index >= 15 is 0 Å². The minimum absolute atomic E-state index is 0.304. The van der Waals surface area contributed by atoms with E-state index in [2.05, 4.69) is 24.1 Å². The van der Waals surface area contributed by atoms with Crippen molar-refractivity contribution >= 4 is 0 Å². The molecule has 0 heterocycles. The van der Waals surface area contributed by atoms with Crippen LogP contribution in [-0.4, -0.2) is 30.9 Å². The van der Waals surface area contributed by atoms with Gasteiger partial charge in [-0.2, -0.15) is 0 Å². The maximum atomic E-state index is 9.74. The van der Waals surface area contributed by atoms with Gasteiger partial charge in [-0.05, 0) is 31.0 Å². The number of aliphatic hydroxyl groups is 1. The summed E-state index contributed by atoms with van der Waals surface area (Å²) in [5.74, 6) is 6.60. The predicted octanol–water partition coefficient (Wildman–Crippen LogP) is 1.99. The highest BCUT2D eigenvalue weighted by atomic mass is 16.5. The zero-order valence-electron chi connectivity index (χ0n) is 11.8. The molecule has 0 aliphatic heterocycles. The van der Waals surface area contributed by atoms with Gasteiger partial charge in [0.25, 0.3) is 0 Å². The molecule has 0 aliphatic rings. The van der Waals surface area contributed by atoms with Crippen molar-refractivity contribution in [3.63, 3.8) is 0 Å². The summed E-state index contributed by atoms with van der Waals surface area (Å²) in [5, 5.41) is 12.9. The molecule has 3 nitrogen and oxygen atoms in total. The van der Waals surface area contributed by atoms with Crippen LogP contribution in [0.3, 0.4) is 0 Å². The molecule has 0 saturated carbocycles. The van der Waals surface area contributed by atoms with Gasteiger partial charge in [-0.15, -0.1) is 11.8 Å². The fourth-order valence-corrected chi connectivity index (χ4v) is 1.62. The van der Waals surface area contributed by atoms with Gasteiger partial charge < -0.3 is 15.2 Å². The molecule has 0 bridgehead atoms. The maximum Gasteiger partial charge on any atom is 0.119 e. The van der Waals surface area contributed by atoms with Gasteiger partial charge >= 0.3 is 0 Å². The number of nitrogens with one attached hydrogen (secondary N) is 1. The van der Waals surface area contributed by atoms with Crippen LogP contribution in [0.5, 0.6) is 5.75 Å². The third kappa shape index (κ3) is 6.85. The normalized spacial score (nSPS) is 11.5. The van der Waals surface area contributed by atoms with Crippen LogP contribution < -0.4 is 10.1 Å². The Hall–Kier alpha value is -1.50. The minimum Gasteiger partial charge on any atom is -0.491 e. The first-order valence-corrected chi connectivity index (χ1v) is 6.76. The van der Waals surface area contributed by atoms with E-state index in [1.807, 2.05) is 31.2 Å². The van der Waals surface area contributed by atoms with E-state index in [0.29, 0.717) is 13.2 Å². The highest BCUT2D eigenvalue weighted by molar-refractivity contribution is 5.27. The molecule has 104 valence electrons. The standard InChI is InChI=1S/C16H23NO2/c1-3-5-6-11-17-12-15(18)13-19-16-9-7-14(4-2)8-10-16/h7-10,15,17-18H,4,6,11-13H2,1-2H3. The second-order valence-electron chi connectivity index (χ2n) is 4.34. The van der Waals surface area contributed by atoms with E-state index in [1.165, 1.54) is 5.56 Å². The van der Waals surface area contributed by atoms with Crippen molar-refractivity contribution in [2.45, 2.75) is 32.8 Å². The summed E-state index contributed by atoms with van der Waals surface area (Å²) in [6.07, 6.45) is 1.33. The molecule has 1 aromatic rings. The molecule has 0 aromatic heterocycles. The maximum absolute atomic E-state index is 9.74. The van der Waals surface area contributed by atoms with E-state index in [1.54, 1.807) is 0 Å². The number of hydrogen-bond acceptors (Lipinski definition) is 3. The molecular weight excluding hydrogens is 238 g/mol. The van der Waals surface area contributed by atoms with Gasteiger partial charge in [0.05, 0.1) is 0 Å². The van der Waals surface area contributed by atoms with Gasteiger partial charge in [0.2, 0.25) is 0 Å². The van der Waals surface area contributed by atoms with Crippen molar-refractivity contribution in [2.24, 2.45) is 0 Å². The first kappa shape index (κ1) is 15.6. The van der Waals surface area contributed by atoms with Crippen molar-refractivity contribution < 1.29 is 9.84 Å². The van der Waals surface area contributed by atoms with E-state index in [-0.39, 0.29) is 0 Å². The van der Waals surface area contributed by atoms with Gasteiger partial charge in [0.1, 0.15) is 18.5 Å². The highest BCUT2D eigenvalue weighted by Gasteiger charge is 2.04. The molecule has 0 aliphatic carbocycles. The Bertz CT molecular complexity index is 403. The summed E-state index contributed by atoms with van der Waals surface area (Å²) >= 11 is 0. The molecule has 0 saturated heterocycles. The molecule has 0 radical (unpaired) electrons. The van der Waals surface area contributed by atoms with Gasteiger partial charge in [0, 0.05) is 19.5 Å². The van der Waals surface area contributed by atoms with Crippen molar-refractivity contribution in [1.29, 1.82) is 0 Å². The number of aryl methyl sites for hydroxylation is 1. The zero-order valence-corrected chi connectivity index (χ0v) is 11.8. The Morgan fingerprint density at radius 1 is 1.32 bits per heavy atom. The molecule has 3 heteroatoms. The Morgan fingerprint density at radius 3 is 2.68 bits per heavy atom. The Labute approximate surface area is 116 Å². The van der Waals surface area contributed by atoms with Crippen LogP contribution in [0.2, 0.25) is 0 Å². The molecule has 0 fully saturated rings. The first-order valence-electron chi connectivity index (χ1n) is 6.76. The average molecular weight is 261 g/mol. The molecule has 1 aromatic carbocycles. The molecule has 0 amide bonds. The summed E-state index contributed by atoms with van der Waals surface area (Å²) in [6, 6.07) is 7.97. The van der Waals surface area contributed by atoms with Gasteiger partial charge in [-0.25, -0.2) is 0 Å². The molecule has 19 heavy (non-hydrogen) atoms. The molecule has 1 atom stereocenters. The largest absolute Gasteiger partial charge is 0.491 e. The second kappa shape index (κ2) is 9.43. The Balaban J connectivity index is 2.17. The van der Waals surface area contributed by atoms with Crippen LogP contribution in [0.1, 0.15) is 25.8 Å². The lowest BCUT2D eigenvalue weighted by molar-refractivity contribution is 0.107. The second-order valence-corrected chi connectivity index (χ2v) is 4.34. The van der Waals surface area contributed by atoms with Gasteiger partial charge in [-0.3, -0.25) is 0 Å². The number of ether oxygens (including phenoxy) is 1.